The Kier molecular flexibility index (Phi) is 4.41. The minimum absolute atomic E-state index is 0.0445. The number of hydrogen-bond donors (Lipinski definition) is 2. The quantitative estimate of drug-likeness (QED) is 0.836. The van der Waals surface area contributed by atoms with E-state index in [4.69, 9.17) is 4.74 Å². The second-order valence-corrected chi connectivity index (χ2v) is 5.78. The van der Waals surface area contributed by atoms with Crippen LogP contribution < -0.4 is 5.32 Å². The first-order chi connectivity index (χ1) is 10.7. The van der Waals surface area contributed by atoms with Gasteiger partial charge in [0, 0.05) is 5.92 Å². The van der Waals surface area contributed by atoms with E-state index < -0.39 is 0 Å². The fourth-order valence-corrected chi connectivity index (χ4v) is 3.24. The summed E-state index contributed by atoms with van der Waals surface area (Å²) in [5.41, 5.74) is 1.58. The van der Waals surface area contributed by atoms with Crippen molar-refractivity contribution in [2.75, 3.05) is 20.2 Å². The molecule has 0 spiro atoms. The van der Waals surface area contributed by atoms with Crippen molar-refractivity contribution in [3.05, 3.63) is 47.5 Å². The molecule has 1 saturated heterocycles. The lowest BCUT2D eigenvalue weighted by Crippen LogP contribution is -2.19. The largest absolute Gasteiger partial charge is 0.465 e. The Hall–Kier alpha value is -1.91. The average Bonchev–Trinajstić information content (AvgIpc) is 2.77. The Morgan fingerprint density at radius 3 is 2.82 bits per heavy atom. The second-order valence-electron chi connectivity index (χ2n) is 5.78. The summed E-state index contributed by atoms with van der Waals surface area (Å²) in [7, 11) is 1.40. The molecule has 0 aliphatic carbocycles. The molecule has 0 aromatic heterocycles. The van der Waals surface area contributed by atoms with Crippen LogP contribution in [0.25, 0.3) is 10.8 Å². The van der Waals surface area contributed by atoms with Crippen molar-refractivity contribution in [2.24, 2.45) is 0 Å². The summed E-state index contributed by atoms with van der Waals surface area (Å²) in [5, 5.41) is 15.6. The number of aliphatic hydroxyl groups is 1. The van der Waals surface area contributed by atoms with Crippen LogP contribution in [0.3, 0.4) is 0 Å². The van der Waals surface area contributed by atoms with Crippen molar-refractivity contribution < 1.29 is 14.6 Å². The van der Waals surface area contributed by atoms with E-state index in [-0.39, 0.29) is 18.0 Å². The maximum absolute atomic E-state index is 12.1. The van der Waals surface area contributed by atoms with Gasteiger partial charge in [-0.2, -0.15) is 0 Å². The molecule has 4 nitrogen and oxygen atoms in total. The van der Waals surface area contributed by atoms with Crippen LogP contribution in [-0.2, 0) is 4.74 Å². The fourth-order valence-electron chi connectivity index (χ4n) is 3.24. The Balaban J connectivity index is 2.11. The van der Waals surface area contributed by atoms with Gasteiger partial charge in [-0.3, -0.25) is 0 Å². The number of benzene rings is 2. The number of ether oxygens (including phenoxy) is 1. The van der Waals surface area contributed by atoms with Crippen LogP contribution in [0, 0.1) is 0 Å². The summed E-state index contributed by atoms with van der Waals surface area (Å²) in [4.78, 5) is 12.1. The topological polar surface area (TPSA) is 58.6 Å². The predicted molar refractivity (Wildman–Crippen MR) is 86.1 cm³/mol. The zero-order chi connectivity index (χ0) is 15.5. The summed E-state index contributed by atoms with van der Waals surface area (Å²) >= 11 is 0. The second kappa shape index (κ2) is 6.46. The van der Waals surface area contributed by atoms with E-state index in [9.17, 15) is 9.90 Å². The van der Waals surface area contributed by atoms with Gasteiger partial charge in [-0.05, 0) is 48.3 Å². The van der Waals surface area contributed by atoms with Crippen molar-refractivity contribution >= 4 is 16.7 Å². The maximum atomic E-state index is 12.1. The molecular weight excluding hydrogens is 278 g/mol. The lowest BCUT2D eigenvalue weighted by Gasteiger charge is -2.21. The average molecular weight is 299 g/mol. The van der Waals surface area contributed by atoms with Gasteiger partial charge in [-0.15, -0.1) is 0 Å². The highest BCUT2D eigenvalue weighted by Crippen LogP contribution is 2.31. The third kappa shape index (κ3) is 2.85. The van der Waals surface area contributed by atoms with Gasteiger partial charge in [0.25, 0.3) is 0 Å². The molecule has 2 N–H and O–H groups in total. The number of carbonyl (C=O) groups excluding carboxylic acids is 1. The SMILES string of the molecule is COC(=O)c1cc(C2CCNCCC2O)cc2ccccc12. The van der Waals surface area contributed by atoms with Crippen molar-refractivity contribution in [1.29, 1.82) is 0 Å². The summed E-state index contributed by atoms with van der Waals surface area (Å²) < 4.78 is 4.92. The Morgan fingerprint density at radius 1 is 1.23 bits per heavy atom. The number of methoxy groups -OCH3 is 1. The third-order valence-corrected chi connectivity index (χ3v) is 4.43. The molecule has 1 aliphatic rings. The van der Waals surface area contributed by atoms with Crippen LogP contribution in [0.5, 0.6) is 0 Å². The molecule has 1 fully saturated rings. The van der Waals surface area contributed by atoms with Crippen molar-refractivity contribution in [3.63, 3.8) is 0 Å². The summed E-state index contributed by atoms with van der Waals surface area (Å²) in [6.07, 6.45) is 1.20. The molecule has 1 heterocycles. The summed E-state index contributed by atoms with van der Waals surface area (Å²) in [5.74, 6) is -0.290. The number of nitrogens with one attached hydrogen (secondary N) is 1. The minimum atomic E-state index is -0.387. The molecule has 0 radical (unpaired) electrons. The molecule has 2 unspecified atom stereocenters. The molecule has 1 aliphatic heterocycles. The van der Waals surface area contributed by atoms with E-state index in [1.54, 1.807) is 0 Å². The van der Waals surface area contributed by atoms with E-state index in [1.807, 2.05) is 30.3 Å². The number of fused-ring (bicyclic) bond motifs is 1. The molecule has 22 heavy (non-hydrogen) atoms. The molecule has 2 aromatic rings. The maximum Gasteiger partial charge on any atom is 0.338 e. The van der Waals surface area contributed by atoms with Gasteiger partial charge in [-0.25, -0.2) is 4.79 Å². The molecule has 3 rings (SSSR count). The van der Waals surface area contributed by atoms with E-state index in [0.717, 1.165) is 42.3 Å². The van der Waals surface area contributed by atoms with Crippen LogP contribution in [0.2, 0.25) is 0 Å². The molecule has 0 bridgehead atoms. The standard InChI is InChI=1S/C18H21NO3/c1-22-18(21)16-11-13(10-12-4-2-3-5-14(12)16)15-6-8-19-9-7-17(15)20/h2-5,10-11,15,17,19-20H,6-9H2,1H3. The van der Waals surface area contributed by atoms with E-state index >= 15 is 0 Å². The van der Waals surface area contributed by atoms with Gasteiger partial charge in [-0.1, -0.05) is 30.3 Å². The number of carbonyl (C=O) groups is 1. The van der Waals surface area contributed by atoms with Gasteiger partial charge in [0.05, 0.1) is 18.8 Å². The highest BCUT2D eigenvalue weighted by atomic mass is 16.5. The monoisotopic (exact) mass is 299 g/mol. The fraction of sp³-hybridized carbons (Fsp3) is 0.389. The lowest BCUT2D eigenvalue weighted by molar-refractivity contribution is 0.0602. The Morgan fingerprint density at radius 2 is 2.00 bits per heavy atom. The Labute approximate surface area is 130 Å². The highest BCUT2D eigenvalue weighted by molar-refractivity contribution is 6.04. The first-order valence-electron chi connectivity index (χ1n) is 7.70. The van der Waals surface area contributed by atoms with Crippen LogP contribution in [-0.4, -0.2) is 37.4 Å². The van der Waals surface area contributed by atoms with Gasteiger partial charge >= 0.3 is 5.97 Å². The number of rotatable bonds is 2. The number of hydrogen-bond acceptors (Lipinski definition) is 4. The molecule has 0 amide bonds. The molecule has 0 saturated carbocycles. The minimum Gasteiger partial charge on any atom is -0.465 e. The first-order valence-corrected chi connectivity index (χ1v) is 7.70. The van der Waals surface area contributed by atoms with Crippen LogP contribution in [0.15, 0.2) is 36.4 Å². The van der Waals surface area contributed by atoms with Gasteiger partial charge in [0.1, 0.15) is 0 Å². The highest BCUT2D eigenvalue weighted by Gasteiger charge is 2.25. The number of esters is 1. The molecular formula is C18H21NO3. The zero-order valence-corrected chi connectivity index (χ0v) is 12.7. The zero-order valence-electron chi connectivity index (χ0n) is 12.7. The van der Waals surface area contributed by atoms with E-state index in [0.29, 0.717) is 5.56 Å². The number of aliphatic hydroxyl groups excluding tert-OH is 1. The molecule has 116 valence electrons. The van der Waals surface area contributed by atoms with E-state index in [1.165, 1.54) is 7.11 Å². The first kappa shape index (κ1) is 15.0. The summed E-state index contributed by atoms with van der Waals surface area (Å²) in [6.45, 7) is 1.71. The third-order valence-electron chi connectivity index (χ3n) is 4.43. The predicted octanol–water partition coefficient (Wildman–Crippen LogP) is 2.45. The van der Waals surface area contributed by atoms with Crippen molar-refractivity contribution in [3.8, 4) is 0 Å². The lowest BCUT2D eigenvalue weighted by atomic mass is 9.87. The van der Waals surface area contributed by atoms with Crippen LogP contribution in [0.4, 0.5) is 0 Å². The van der Waals surface area contributed by atoms with Crippen molar-refractivity contribution in [1.82, 2.24) is 5.32 Å². The normalized spacial score (nSPS) is 22.3. The van der Waals surface area contributed by atoms with Crippen LogP contribution >= 0.6 is 0 Å². The Bertz CT molecular complexity index is 683. The van der Waals surface area contributed by atoms with E-state index in [2.05, 4.69) is 11.4 Å². The van der Waals surface area contributed by atoms with Crippen molar-refractivity contribution in [2.45, 2.75) is 24.9 Å². The molecule has 2 aromatic carbocycles. The van der Waals surface area contributed by atoms with Gasteiger partial charge in [0.15, 0.2) is 0 Å². The molecule has 4 heteroatoms. The van der Waals surface area contributed by atoms with Gasteiger partial charge in [0.2, 0.25) is 0 Å². The van der Waals surface area contributed by atoms with Gasteiger partial charge < -0.3 is 15.2 Å². The van der Waals surface area contributed by atoms with Crippen LogP contribution in [0.1, 0.15) is 34.7 Å². The molecule has 2 atom stereocenters. The summed E-state index contributed by atoms with van der Waals surface area (Å²) in [6, 6.07) is 11.8. The smallest absolute Gasteiger partial charge is 0.338 e.